The van der Waals surface area contributed by atoms with Crippen molar-refractivity contribution in [2.75, 3.05) is 20.6 Å². The molecule has 19 heavy (non-hydrogen) atoms. The Morgan fingerprint density at radius 1 is 1.26 bits per heavy atom. The van der Waals surface area contributed by atoms with Gasteiger partial charge in [-0.15, -0.1) is 0 Å². The van der Waals surface area contributed by atoms with Gasteiger partial charge in [0.2, 0.25) is 0 Å². The summed E-state index contributed by atoms with van der Waals surface area (Å²) in [7, 11) is 4.01. The summed E-state index contributed by atoms with van der Waals surface area (Å²) in [6.45, 7) is 0.859. The van der Waals surface area contributed by atoms with Crippen molar-refractivity contribution >= 4 is 22.6 Å². The van der Waals surface area contributed by atoms with Crippen LogP contribution in [0.25, 0.3) is 11.3 Å². The van der Waals surface area contributed by atoms with Gasteiger partial charge in [-0.1, -0.05) is 30.3 Å². The van der Waals surface area contributed by atoms with Gasteiger partial charge in [-0.25, -0.2) is 4.98 Å². The summed E-state index contributed by atoms with van der Waals surface area (Å²) in [6, 6.07) is 9.80. The summed E-state index contributed by atoms with van der Waals surface area (Å²) >= 11 is 2.05. The van der Waals surface area contributed by atoms with Crippen molar-refractivity contribution in [3.05, 3.63) is 50.1 Å². The van der Waals surface area contributed by atoms with Crippen molar-refractivity contribution in [3.63, 3.8) is 0 Å². The van der Waals surface area contributed by atoms with Crippen molar-refractivity contribution in [2.24, 2.45) is 0 Å². The Bertz CT molecular complexity index is 608. The van der Waals surface area contributed by atoms with Crippen LogP contribution < -0.4 is 5.56 Å². The lowest BCUT2D eigenvalue weighted by Crippen LogP contribution is -2.21. The van der Waals surface area contributed by atoms with Gasteiger partial charge in [0, 0.05) is 18.5 Å². The predicted molar refractivity (Wildman–Crippen MR) is 85.3 cm³/mol. The highest BCUT2D eigenvalue weighted by Crippen LogP contribution is 2.20. The van der Waals surface area contributed by atoms with Gasteiger partial charge >= 0.3 is 0 Å². The minimum absolute atomic E-state index is 0.0665. The molecule has 0 unspecified atom stereocenters. The maximum atomic E-state index is 12.0. The van der Waals surface area contributed by atoms with Crippen LogP contribution in [0.1, 0.15) is 5.82 Å². The molecule has 1 aromatic heterocycles. The third kappa shape index (κ3) is 3.63. The highest BCUT2D eigenvalue weighted by atomic mass is 127. The molecule has 1 heterocycles. The van der Waals surface area contributed by atoms with E-state index in [9.17, 15) is 4.79 Å². The fraction of sp³-hybridized carbons (Fsp3) is 0.286. The summed E-state index contributed by atoms with van der Waals surface area (Å²) in [4.78, 5) is 21.5. The lowest BCUT2D eigenvalue weighted by molar-refractivity contribution is 0.409. The van der Waals surface area contributed by atoms with E-state index >= 15 is 0 Å². The second-order valence-electron chi connectivity index (χ2n) is 4.59. The Morgan fingerprint density at radius 2 is 1.95 bits per heavy atom. The Hall–Kier alpha value is -1.21. The first-order valence-corrected chi connectivity index (χ1v) is 7.14. The number of hydrogen-bond acceptors (Lipinski definition) is 3. The van der Waals surface area contributed by atoms with Crippen molar-refractivity contribution < 1.29 is 0 Å². The molecule has 5 heteroatoms. The smallest absolute Gasteiger partial charge is 0.264 e. The second kappa shape index (κ2) is 6.29. The van der Waals surface area contributed by atoms with E-state index in [4.69, 9.17) is 0 Å². The molecule has 2 aromatic rings. The van der Waals surface area contributed by atoms with Crippen molar-refractivity contribution in [2.45, 2.75) is 6.42 Å². The van der Waals surface area contributed by atoms with Crippen LogP contribution in [-0.4, -0.2) is 35.5 Å². The standard InChI is InChI=1S/C14H16IN3O/c1-18(2)9-8-11-16-13(12(15)14(19)17-11)10-6-4-3-5-7-10/h3-7H,8-9H2,1-2H3,(H,16,17,19). The summed E-state index contributed by atoms with van der Waals surface area (Å²) in [5.41, 5.74) is 1.67. The highest BCUT2D eigenvalue weighted by molar-refractivity contribution is 14.1. The number of hydrogen-bond donors (Lipinski definition) is 1. The molecule has 0 amide bonds. The molecule has 2 rings (SSSR count). The van der Waals surface area contributed by atoms with E-state index in [1.165, 1.54) is 0 Å². The Kier molecular flexibility index (Phi) is 4.71. The lowest BCUT2D eigenvalue weighted by Gasteiger charge is -2.10. The minimum atomic E-state index is -0.0665. The number of aromatic nitrogens is 2. The number of likely N-dealkylation sites (N-methyl/N-ethyl adjacent to an activating group) is 1. The third-order valence-corrected chi connectivity index (χ3v) is 3.76. The SMILES string of the molecule is CN(C)CCc1nc(-c2ccccc2)c(I)c(=O)[nH]1. The maximum absolute atomic E-state index is 12.0. The van der Waals surface area contributed by atoms with Crippen LogP contribution in [0.2, 0.25) is 0 Å². The van der Waals surface area contributed by atoms with Gasteiger partial charge in [-0.2, -0.15) is 0 Å². The maximum Gasteiger partial charge on any atom is 0.264 e. The first kappa shape index (κ1) is 14.2. The molecule has 0 atom stereocenters. The van der Waals surface area contributed by atoms with Gasteiger partial charge in [0.15, 0.2) is 0 Å². The number of halogens is 1. The molecule has 0 aliphatic rings. The molecule has 0 spiro atoms. The summed E-state index contributed by atoms with van der Waals surface area (Å²) < 4.78 is 0.636. The summed E-state index contributed by atoms with van der Waals surface area (Å²) in [6.07, 6.45) is 0.735. The molecule has 0 saturated heterocycles. The average molecular weight is 369 g/mol. The minimum Gasteiger partial charge on any atom is -0.310 e. The van der Waals surface area contributed by atoms with E-state index in [1.54, 1.807) is 0 Å². The van der Waals surface area contributed by atoms with Crippen LogP contribution in [0, 0.1) is 3.57 Å². The van der Waals surface area contributed by atoms with Crippen LogP contribution >= 0.6 is 22.6 Å². The number of rotatable bonds is 4. The Labute approximate surface area is 126 Å². The summed E-state index contributed by atoms with van der Waals surface area (Å²) in [5.74, 6) is 0.734. The molecule has 0 aliphatic carbocycles. The van der Waals surface area contributed by atoms with Gasteiger partial charge in [-0.3, -0.25) is 4.79 Å². The molecular weight excluding hydrogens is 353 g/mol. The molecule has 4 nitrogen and oxygen atoms in total. The quantitative estimate of drug-likeness (QED) is 0.841. The lowest BCUT2D eigenvalue weighted by atomic mass is 10.1. The zero-order chi connectivity index (χ0) is 13.8. The van der Waals surface area contributed by atoms with Crippen molar-refractivity contribution in [1.29, 1.82) is 0 Å². The molecule has 0 saturated carbocycles. The molecule has 0 radical (unpaired) electrons. The van der Waals surface area contributed by atoms with E-state index in [0.717, 1.165) is 30.0 Å². The topological polar surface area (TPSA) is 49.0 Å². The largest absolute Gasteiger partial charge is 0.310 e. The Morgan fingerprint density at radius 3 is 2.58 bits per heavy atom. The van der Waals surface area contributed by atoms with E-state index in [1.807, 2.05) is 44.4 Å². The van der Waals surface area contributed by atoms with Crippen LogP contribution in [0.4, 0.5) is 0 Å². The fourth-order valence-corrected chi connectivity index (χ4v) is 2.31. The number of benzene rings is 1. The zero-order valence-corrected chi connectivity index (χ0v) is 13.1. The van der Waals surface area contributed by atoms with E-state index in [-0.39, 0.29) is 5.56 Å². The van der Waals surface area contributed by atoms with Crippen LogP contribution in [0.3, 0.4) is 0 Å². The van der Waals surface area contributed by atoms with Crippen LogP contribution in [0.5, 0.6) is 0 Å². The molecular formula is C14H16IN3O. The zero-order valence-electron chi connectivity index (χ0n) is 11.0. The van der Waals surface area contributed by atoms with Gasteiger partial charge in [-0.05, 0) is 36.7 Å². The number of H-pyrrole nitrogens is 1. The van der Waals surface area contributed by atoms with E-state index < -0.39 is 0 Å². The molecule has 0 fully saturated rings. The number of nitrogens with zero attached hydrogens (tertiary/aromatic N) is 2. The van der Waals surface area contributed by atoms with E-state index in [2.05, 4.69) is 37.5 Å². The van der Waals surface area contributed by atoms with Gasteiger partial charge in [0.25, 0.3) is 5.56 Å². The van der Waals surface area contributed by atoms with Crippen molar-refractivity contribution in [3.8, 4) is 11.3 Å². The molecule has 100 valence electrons. The van der Waals surface area contributed by atoms with Crippen LogP contribution in [0.15, 0.2) is 35.1 Å². The van der Waals surface area contributed by atoms with E-state index in [0.29, 0.717) is 3.57 Å². The number of nitrogens with one attached hydrogen (secondary N) is 1. The molecule has 1 N–H and O–H groups in total. The molecule has 0 bridgehead atoms. The third-order valence-electron chi connectivity index (χ3n) is 2.75. The number of aromatic amines is 1. The average Bonchev–Trinajstić information content (AvgIpc) is 2.41. The predicted octanol–water partition coefficient (Wildman–Crippen LogP) is 2.15. The van der Waals surface area contributed by atoms with Gasteiger partial charge in [0.1, 0.15) is 9.39 Å². The van der Waals surface area contributed by atoms with Crippen LogP contribution in [-0.2, 0) is 6.42 Å². The highest BCUT2D eigenvalue weighted by Gasteiger charge is 2.10. The summed E-state index contributed by atoms with van der Waals surface area (Å²) in [5, 5.41) is 0. The first-order valence-electron chi connectivity index (χ1n) is 6.07. The first-order chi connectivity index (χ1) is 9.08. The second-order valence-corrected chi connectivity index (χ2v) is 5.67. The normalized spacial score (nSPS) is 10.9. The van der Waals surface area contributed by atoms with Gasteiger partial charge in [0.05, 0.1) is 5.69 Å². The molecule has 1 aromatic carbocycles. The monoisotopic (exact) mass is 369 g/mol. The fourth-order valence-electron chi connectivity index (χ4n) is 1.74. The molecule has 0 aliphatic heterocycles. The van der Waals surface area contributed by atoms with Crippen molar-refractivity contribution in [1.82, 2.24) is 14.9 Å². The van der Waals surface area contributed by atoms with Gasteiger partial charge < -0.3 is 9.88 Å². The Balaban J connectivity index is 2.41.